The molecular formula is C27H32ClF2N5O3. The third kappa shape index (κ3) is 5.71. The van der Waals surface area contributed by atoms with Crippen LogP contribution in [0.4, 0.5) is 14.6 Å². The number of halogens is 3. The average Bonchev–Trinajstić information content (AvgIpc) is 3.37. The summed E-state index contributed by atoms with van der Waals surface area (Å²) in [7, 11) is 3.09. The quantitative estimate of drug-likeness (QED) is 0.392. The highest BCUT2D eigenvalue weighted by atomic mass is 35.5. The lowest BCUT2D eigenvalue weighted by atomic mass is 9.97. The first-order valence-electron chi connectivity index (χ1n) is 12.4. The van der Waals surface area contributed by atoms with Gasteiger partial charge in [-0.15, -0.1) is 12.4 Å². The van der Waals surface area contributed by atoms with Gasteiger partial charge in [-0.25, -0.2) is 13.5 Å². The number of methoxy groups -OCH3 is 2. The van der Waals surface area contributed by atoms with Gasteiger partial charge in [0.05, 0.1) is 26.0 Å². The number of nitrogens with zero attached hydrogens (tertiary/aromatic N) is 2. The maximum atomic E-state index is 14.2. The number of aromatic nitrogens is 2. The number of hydrogen-bond donors (Lipinski definition) is 3. The fourth-order valence-corrected chi connectivity index (χ4v) is 5.03. The molecule has 0 radical (unpaired) electrons. The van der Waals surface area contributed by atoms with Gasteiger partial charge in [-0.3, -0.25) is 4.79 Å². The van der Waals surface area contributed by atoms with Crippen molar-refractivity contribution in [3.8, 4) is 22.8 Å². The van der Waals surface area contributed by atoms with Crippen LogP contribution in [-0.4, -0.2) is 55.5 Å². The highest BCUT2D eigenvalue weighted by Gasteiger charge is 2.35. The zero-order chi connectivity index (χ0) is 25.9. The molecule has 1 amide bonds. The van der Waals surface area contributed by atoms with E-state index in [0.29, 0.717) is 34.1 Å². The first-order chi connectivity index (χ1) is 18.0. The van der Waals surface area contributed by atoms with Crippen LogP contribution >= 0.6 is 12.4 Å². The van der Waals surface area contributed by atoms with E-state index in [0.717, 1.165) is 31.5 Å². The number of anilines is 1. The highest BCUT2D eigenvalue weighted by Crippen LogP contribution is 2.41. The van der Waals surface area contributed by atoms with Crippen LogP contribution in [0.15, 0.2) is 48.5 Å². The Balaban J connectivity index is 0.00000336. The Morgan fingerprint density at radius 3 is 2.55 bits per heavy atom. The largest absolute Gasteiger partial charge is 0.493 e. The molecule has 204 valence electrons. The number of carbonyl (C=O) groups excluding carboxylic acids is 1. The van der Waals surface area contributed by atoms with Gasteiger partial charge in [0.2, 0.25) is 0 Å². The minimum absolute atomic E-state index is 0. The van der Waals surface area contributed by atoms with Gasteiger partial charge in [-0.05, 0) is 62.2 Å². The van der Waals surface area contributed by atoms with E-state index in [1.165, 1.54) is 4.68 Å². The van der Waals surface area contributed by atoms with Crippen molar-refractivity contribution >= 4 is 24.1 Å². The molecule has 2 aromatic carbocycles. The number of ether oxygens (including phenoxy) is 2. The number of piperidine rings is 1. The summed E-state index contributed by atoms with van der Waals surface area (Å²) in [5.74, 6) is 1.46. The van der Waals surface area contributed by atoms with Crippen molar-refractivity contribution in [3.63, 3.8) is 0 Å². The van der Waals surface area contributed by atoms with E-state index in [1.807, 2.05) is 12.1 Å². The molecule has 0 aliphatic carbocycles. The van der Waals surface area contributed by atoms with Crippen LogP contribution in [0.25, 0.3) is 11.3 Å². The van der Waals surface area contributed by atoms with Gasteiger partial charge < -0.3 is 25.4 Å². The summed E-state index contributed by atoms with van der Waals surface area (Å²) in [5.41, 5.74) is 2.55. The van der Waals surface area contributed by atoms with E-state index < -0.39 is 12.5 Å². The smallest absolute Gasteiger partial charge is 0.260 e. The molecule has 0 spiro atoms. The second-order valence-electron chi connectivity index (χ2n) is 9.39. The molecule has 8 nitrogen and oxygen atoms in total. The summed E-state index contributed by atoms with van der Waals surface area (Å²) < 4.78 is 40.4. The number of fused-ring (bicyclic) bond motifs is 1. The number of alkyl halides is 2. The van der Waals surface area contributed by atoms with Gasteiger partial charge in [0.15, 0.2) is 11.5 Å². The predicted molar refractivity (Wildman–Crippen MR) is 144 cm³/mol. The van der Waals surface area contributed by atoms with Crippen molar-refractivity contribution in [2.24, 2.45) is 0 Å². The molecule has 11 heteroatoms. The minimum Gasteiger partial charge on any atom is -0.493 e. The van der Waals surface area contributed by atoms with Crippen LogP contribution in [0.3, 0.4) is 0 Å². The molecule has 1 saturated heterocycles. The van der Waals surface area contributed by atoms with Gasteiger partial charge >= 0.3 is 0 Å². The Kier molecular flexibility index (Phi) is 8.73. The molecule has 0 bridgehead atoms. The molecule has 3 aromatic rings. The van der Waals surface area contributed by atoms with Crippen molar-refractivity contribution < 1.29 is 23.0 Å². The number of amides is 1. The van der Waals surface area contributed by atoms with Crippen LogP contribution < -0.4 is 25.4 Å². The van der Waals surface area contributed by atoms with Crippen molar-refractivity contribution in [3.05, 3.63) is 59.7 Å². The van der Waals surface area contributed by atoms with Gasteiger partial charge in [-0.1, -0.05) is 18.2 Å². The molecule has 0 saturated carbocycles. The maximum absolute atomic E-state index is 14.2. The molecule has 3 heterocycles. The fourth-order valence-electron chi connectivity index (χ4n) is 5.03. The van der Waals surface area contributed by atoms with Gasteiger partial charge in [-0.2, -0.15) is 5.10 Å². The molecule has 5 rings (SSSR count). The molecular weight excluding hydrogens is 516 g/mol. The molecule has 2 atom stereocenters. The maximum Gasteiger partial charge on any atom is 0.260 e. The van der Waals surface area contributed by atoms with Crippen LogP contribution in [0.2, 0.25) is 0 Å². The van der Waals surface area contributed by atoms with Gasteiger partial charge in [0.1, 0.15) is 11.9 Å². The third-order valence-electron chi connectivity index (χ3n) is 7.04. The van der Waals surface area contributed by atoms with Crippen molar-refractivity contribution in [2.75, 3.05) is 32.6 Å². The summed E-state index contributed by atoms with van der Waals surface area (Å²) in [6, 6.07) is 13.0. The molecule has 2 unspecified atom stereocenters. The summed E-state index contributed by atoms with van der Waals surface area (Å²) in [4.78, 5) is 12.8. The summed E-state index contributed by atoms with van der Waals surface area (Å²) in [5, 5.41) is 14.2. The zero-order valence-electron chi connectivity index (χ0n) is 21.2. The second-order valence-corrected chi connectivity index (χ2v) is 9.39. The zero-order valence-corrected chi connectivity index (χ0v) is 22.1. The lowest BCUT2D eigenvalue weighted by Crippen LogP contribution is -2.42. The van der Waals surface area contributed by atoms with Gasteiger partial charge in [0.25, 0.3) is 12.3 Å². The summed E-state index contributed by atoms with van der Waals surface area (Å²) >= 11 is 0. The van der Waals surface area contributed by atoms with Crippen molar-refractivity contribution in [2.45, 2.75) is 43.8 Å². The highest BCUT2D eigenvalue weighted by molar-refractivity contribution is 5.95. The van der Waals surface area contributed by atoms with Crippen LogP contribution in [-0.2, 0) is 0 Å². The fraction of sp³-hybridized carbons (Fsp3) is 0.407. The SMILES string of the molecule is COc1ccc(C2CC(C(F)F)n3nc(-c4cccc(C(=O)NC5CCNCC5)c4)cc3N2)cc1OC.Cl. The number of carbonyl (C=O) groups is 1. The molecule has 2 aliphatic rings. The van der Waals surface area contributed by atoms with Gasteiger partial charge in [0, 0.05) is 23.2 Å². The molecule has 1 fully saturated rings. The van der Waals surface area contributed by atoms with E-state index in [9.17, 15) is 13.6 Å². The normalized spacial score (nSPS) is 19.2. The van der Waals surface area contributed by atoms with E-state index in [4.69, 9.17) is 9.47 Å². The third-order valence-corrected chi connectivity index (χ3v) is 7.04. The average molecular weight is 548 g/mol. The number of rotatable bonds is 7. The molecule has 38 heavy (non-hydrogen) atoms. The van der Waals surface area contributed by atoms with E-state index in [-0.39, 0.29) is 36.8 Å². The van der Waals surface area contributed by atoms with E-state index in [2.05, 4.69) is 21.0 Å². The predicted octanol–water partition coefficient (Wildman–Crippen LogP) is 4.83. The standard InChI is InChI=1S/C27H31F2N5O3.ClH/c1-36-23-7-6-17(13-24(23)37-2)20-14-22(26(28)29)34-25(32-20)15-21(33-34)16-4-3-5-18(12-16)27(35)31-19-8-10-30-11-9-19;/h3-7,12-13,15,19-20,22,26,30,32H,8-11,14H2,1-2H3,(H,31,35);1H. The Bertz CT molecular complexity index is 1270. The first-order valence-corrected chi connectivity index (χ1v) is 12.4. The van der Waals surface area contributed by atoms with Crippen LogP contribution in [0.5, 0.6) is 11.5 Å². The Hall–Kier alpha value is -3.37. The van der Waals surface area contributed by atoms with E-state index >= 15 is 0 Å². The number of hydrogen-bond acceptors (Lipinski definition) is 6. The Morgan fingerprint density at radius 2 is 1.84 bits per heavy atom. The van der Waals surface area contributed by atoms with E-state index in [1.54, 1.807) is 50.6 Å². The molecule has 3 N–H and O–H groups in total. The minimum atomic E-state index is -2.60. The van der Waals surface area contributed by atoms with Crippen molar-refractivity contribution in [1.29, 1.82) is 0 Å². The lowest BCUT2D eigenvalue weighted by molar-refractivity contribution is 0.0659. The summed E-state index contributed by atoms with van der Waals surface area (Å²) in [6.45, 7) is 1.77. The van der Waals surface area contributed by atoms with Crippen molar-refractivity contribution in [1.82, 2.24) is 20.4 Å². The monoisotopic (exact) mass is 547 g/mol. The molecule has 2 aliphatic heterocycles. The lowest BCUT2D eigenvalue weighted by Gasteiger charge is -2.32. The first kappa shape index (κ1) is 27.7. The Labute approximate surface area is 226 Å². The van der Waals surface area contributed by atoms with Crippen LogP contribution in [0, 0.1) is 0 Å². The molecule has 1 aromatic heterocycles. The number of benzene rings is 2. The second kappa shape index (κ2) is 12.0. The Morgan fingerprint density at radius 1 is 1.08 bits per heavy atom. The summed E-state index contributed by atoms with van der Waals surface area (Å²) in [6.07, 6.45) is -0.666. The topological polar surface area (TPSA) is 89.4 Å². The van der Waals surface area contributed by atoms with Crippen LogP contribution in [0.1, 0.15) is 47.3 Å². The number of nitrogens with one attached hydrogen (secondary N) is 3.